The standard InChI is InChI=1S/C21H23N5O2S/c1-13(2)17(12-27)24-20-22-8-7-16(23-20)19-18(25-21-26(19)9-10-29-21)14-5-4-6-15(11-14)28-3/h4-11,13,17,27H,12H2,1-3H3,(H,22,23,24)/t17-/m1/s1. The molecule has 4 aromatic rings. The molecule has 0 bridgehead atoms. The molecule has 0 aliphatic carbocycles. The Labute approximate surface area is 173 Å². The molecule has 8 heteroatoms. The molecular formula is C21H23N5O2S. The van der Waals surface area contributed by atoms with Crippen LogP contribution in [0.15, 0.2) is 48.1 Å². The number of aliphatic hydroxyl groups excluding tert-OH is 1. The molecule has 2 N–H and O–H groups in total. The number of aromatic nitrogens is 4. The lowest BCUT2D eigenvalue weighted by Gasteiger charge is -2.19. The zero-order chi connectivity index (χ0) is 20.4. The van der Waals surface area contributed by atoms with Gasteiger partial charge in [-0.3, -0.25) is 4.40 Å². The summed E-state index contributed by atoms with van der Waals surface area (Å²) in [5, 5.41) is 14.9. The summed E-state index contributed by atoms with van der Waals surface area (Å²) >= 11 is 1.57. The minimum atomic E-state index is -0.116. The Morgan fingerprint density at radius 2 is 2.10 bits per heavy atom. The smallest absolute Gasteiger partial charge is 0.223 e. The quantitative estimate of drug-likeness (QED) is 0.481. The molecule has 0 aliphatic heterocycles. The lowest BCUT2D eigenvalue weighted by Crippen LogP contribution is -2.30. The molecule has 0 fully saturated rings. The van der Waals surface area contributed by atoms with Gasteiger partial charge >= 0.3 is 0 Å². The van der Waals surface area contributed by atoms with Gasteiger partial charge in [0.25, 0.3) is 0 Å². The third-order valence-corrected chi connectivity index (χ3v) is 5.58. The van der Waals surface area contributed by atoms with Gasteiger partial charge < -0.3 is 15.2 Å². The summed E-state index contributed by atoms with van der Waals surface area (Å²) in [7, 11) is 1.65. The van der Waals surface area contributed by atoms with Gasteiger partial charge in [-0.05, 0) is 24.1 Å². The van der Waals surface area contributed by atoms with E-state index in [9.17, 15) is 5.11 Å². The van der Waals surface area contributed by atoms with E-state index in [-0.39, 0.29) is 18.6 Å². The van der Waals surface area contributed by atoms with Crippen LogP contribution in [0.5, 0.6) is 5.75 Å². The van der Waals surface area contributed by atoms with Gasteiger partial charge in [-0.25, -0.2) is 15.0 Å². The van der Waals surface area contributed by atoms with Crippen LogP contribution in [0, 0.1) is 5.92 Å². The van der Waals surface area contributed by atoms with Crippen LogP contribution in [-0.4, -0.2) is 44.2 Å². The monoisotopic (exact) mass is 409 g/mol. The number of thiazole rings is 1. The number of methoxy groups -OCH3 is 1. The van der Waals surface area contributed by atoms with Crippen LogP contribution in [0.2, 0.25) is 0 Å². The Bertz CT molecular complexity index is 1120. The minimum absolute atomic E-state index is 0.0156. The van der Waals surface area contributed by atoms with Crippen molar-refractivity contribution < 1.29 is 9.84 Å². The van der Waals surface area contributed by atoms with Gasteiger partial charge in [0.2, 0.25) is 5.95 Å². The van der Waals surface area contributed by atoms with Crippen molar-refractivity contribution in [3.8, 4) is 28.4 Å². The molecule has 0 spiro atoms. The number of nitrogens with one attached hydrogen (secondary N) is 1. The van der Waals surface area contributed by atoms with Gasteiger partial charge in [0.1, 0.15) is 11.4 Å². The molecule has 0 unspecified atom stereocenters. The average molecular weight is 410 g/mol. The molecule has 150 valence electrons. The fourth-order valence-corrected chi connectivity index (χ4v) is 3.87. The number of nitrogens with zero attached hydrogens (tertiary/aromatic N) is 4. The third-order valence-electron chi connectivity index (χ3n) is 4.82. The predicted molar refractivity (Wildman–Crippen MR) is 115 cm³/mol. The number of hydrogen-bond acceptors (Lipinski definition) is 7. The van der Waals surface area contributed by atoms with Crippen LogP contribution < -0.4 is 10.1 Å². The first-order valence-electron chi connectivity index (χ1n) is 9.41. The number of benzene rings is 1. The summed E-state index contributed by atoms with van der Waals surface area (Å²) in [6, 6.07) is 9.60. The second kappa shape index (κ2) is 8.18. The summed E-state index contributed by atoms with van der Waals surface area (Å²) < 4.78 is 7.42. The van der Waals surface area contributed by atoms with Crippen LogP contribution in [0.1, 0.15) is 13.8 Å². The van der Waals surface area contributed by atoms with Crippen LogP contribution in [0.3, 0.4) is 0 Å². The SMILES string of the molecule is COc1cccc(-c2nc3sccn3c2-c2ccnc(N[C@H](CO)C(C)C)n2)c1. The van der Waals surface area contributed by atoms with Crippen LogP contribution in [0.25, 0.3) is 27.6 Å². The molecule has 1 atom stereocenters. The topological polar surface area (TPSA) is 84.6 Å². The molecular weight excluding hydrogens is 386 g/mol. The van der Waals surface area contributed by atoms with Crippen molar-refractivity contribution in [2.45, 2.75) is 19.9 Å². The number of ether oxygens (including phenoxy) is 1. The van der Waals surface area contributed by atoms with E-state index in [0.29, 0.717) is 5.95 Å². The lowest BCUT2D eigenvalue weighted by molar-refractivity contribution is 0.248. The molecule has 7 nitrogen and oxygen atoms in total. The molecule has 0 aliphatic rings. The van der Waals surface area contributed by atoms with Gasteiger partial charge in [-0.15, -0.1) is 11.3 Å². The van der Waals surface area contributed by atoms with Gasteiger partial charge in [0.05, 0.1) is 31.1 Å². The maximum absolute atomic E-state index is 9.62. The Balaban J connectivity index is 1.81. The van der Waals surface area contributed by atoms with E-state index in [0.717, 1.165) is 33.4 Å². The molecule has 29 heavy (non-hydrogen) atoms. The molecule has 0 amide bonds. The first kappa shape index (κ1) is 19.4. The molecule has 0 saturated heterocycles. The highest BCUT2D eigenvalue weighted by molar-refractivity contribution is 7.15. The van der Waals surface area contributed by atoms with Crippen LogP contribution in [-0.2, 0) is 0 Å². The molecule has 4 rings (SSSR count). The highest BCUT2D eigenvalue weighted by atomic mass is 32.1. The predicted octanol–water partition coefficient (Wildman–Crippen LogP) is 3.96. The fourth-order valence-electron chi connectivity index (χ4n) is 3.15. The van der Waals surface area contributed by atoms with E-state index < -0.39 is 0 Å². The minimum Gasteiger partial charge on any atom is -0.497 e. The Morgan fingerprint density at radius 1 is 1.24 bits per heavy atom. The first-order chi connectivity index (χ1) is 14.1. The number of aliphatic hydroxyl groups is 1. The highest BCUT2D eigenvalue weighted by Crippen LogP contribution is 2.34. The summed E-state index contributed by atoms with van der Waals surface area (Å²) in [4.78, 5) is 14.8. The number of fused-ring (bicyclic) bond motifs is 1. The van der Waals surface area contributed by atoms with E-state index in [2.05, 4.69) is 10.3 Å². The average Bonchev–Trinajstić information content (AvgIpc) is 3.33. The summed E-state index contributed by atoms with van der Waals surface area (Å²) in [5.74, 6) is 1.51. The molecule has 3 heterocycles. The number of rotatable bonds is 7. The van der Waals surface area contributed by atoms with Crippen molar-refractivity contribution in [1.29, 1.82) is 0 Å². The fraction of sp³-hybridized carbons (Fsp3) is 0.286. The van der Waals surface area contributed by atoms with Crippen molar-refractivity contribution in [2.75, 3.05) is 19.0 Å². The van der Waals surface area contributed by atoms with Gasteiger partial charge in [-0.1, -0.05) is 26.0 Å². The van der Waals surface area contributed by atoms with Crippen LogP contribution >= 0.6 is 11.3 Å². The Morgan fingerprint density at radius 3 is 2.86 bits per heavy atom. The van der Waals surface area contributed by atoms with E-state index in [1.165, 1.54) is 0 Å². The van der Waals surface area contributed by atoms with Crippen LogP contribution in [0.4, 0.5) is 5.95 Å². The van der Waals surface area contributed by atoms with E-state index in [4.69, 9.17) is 14.7 Å². The Kier molecular flexibility index (Phi) is 5.46. The maximum atomic E-state index is 9.62. The zero-order valence-corrected chi connectivity index (χ0v) is 17.3. The van der Waals surface area contributed by atoms with Crippen molar-refractivity contribution in [2.24, 2.45) is 5.92 Å². The number of anilines is 1. The summed E-state index contributed by atoms with van der Waals surface area (Å²) in [5.41, 5.74) is 3.44. The third kappa shape index (κ3) is 3.81. The summed E-state index contributed by atoms with van der Waals surface area (Å²) in [6.07, 6.45) is 3.71. The lowest BCUT2D eigenvalue weighted by atomic mass is 10.1. The van der Waals surface area contributed by atoms with Gasteiger partial charge in [0.15, 0.2) is 4.96 Å². The number of hydrogen-bond donors (Lipinski definition) is 2. The normalized spacial score (nSPS) is 12.4. The zero-order valence-electron chi connectivity index (χ0n) is 16.5. The van der Waals surface area contributed by atoms with Crippen molar-refractivity contribution in [3.05, 3.63) is 48.1 Å². The highest BCUT2D eigenvalue weighted by Gasteiger charge is 2.20. The largest absolute Gasteiger partial charge is 0.497 e. The maximum Gasteiger partial charge on any atom is 0.223 e. The number of imidazole rings is 1. The molecule has 1 aromatic carbocycles. The Hall–Kier alpha value is -2.97. The van der Waals surface area contributed by atoms with Crippen molar-refractivity contribution >= 4 is 22.2 Å². The van der Waals surface area contributed by atoms with E-state index >= 15 is 0 Å². The summed E-state index contributed by atoms with van der Waals surface area (Å²) in [6.45, 7) is 4.11. The van der Waals surface area contributed by atoms with Gasteiger partial charge in [-0.2, -0.15) is 0 Å². The second-order valence-corrected chi connectivity index (χ2v) is 7.91. The molecule has 3 aromatic heterocycles. The van der Waals surface area contributed by atoms with Crippen molar-refractivity contribution in [1.82, 2.24) is 19.4 Å². The van der Waals surface area contributed by atoms with E-state index in [1.807, 2.05) is 60.2 Å². The van der Waals surface area contributed by atoms with E-state index in [1.54, 1.807) is 24.6 Å². The van der Waals surface area contributed by atoms with Gasteiger partial charge in [0, 0.05) is 23.3 Å². The first-order valence-corrected chi connectivity index (χ1v) is 10.3. The van der Waals surface area contributed by atoms with Crippen molar-refractivity contribution in [3.63, 3.8) is 0 Å². The molecule has 0 saturated carbocycles. The molecule has 0 radical (unpaired) electrons. The second-order valence-electron chi connectivity index (χ2n) is 7.04.